The Morgan fingerprint density at radius 2 is 1.96 bits per heavy atom. The predicted molar refractivity (Wildman–Crippen MR) is 104 cm³/mol. The first-order valence-corrected chi connectivity index (χ1v) is 8.62. The van der Waals surface area contributed by atoms with Crippen LogP contribution in [-0.2, 0) is 0 Å². The molecule has 142 valence electrons. The van der Waals surface area contributed by atoms with Crippen LogP contribution >= 0.6 is 15.9 Å². The van der Waals surface area contributed by atoms with Crippen LogP contribution in [0, 0.1) is 10.1 Å². The minimum Gasteiger partial charge on any atom is -0.493 e. The van der Waals surface area contributed by atoms with Crippen LogP contribution in [0.15, 0.2) is 62.3 Å². The zero-order valence-electron chi connectivity index (χ0n) is 14.4. The van der Waals surface area contributed by atoms with Crippen molar-refractivity contribution in [3.05, 3.63) is 84.8 Å². The van der Waals surface area contributed by atoms with Crippen LogP contribution in [0.4, 0.5) is 0 Å². The molecule has 0 unspecified atom stereocenters. The Morgan fingerprint density at radius 1 is 1.18 bits per heavy atom. The molecule has 0 saturated heterocycles. The number of benzene rings is 2. The fourth-order valence-corrected chi connectivity index (χ4v) is 2.79. The molecule has 8 nitrogen and oxygen atoms in total. The van der Waals surface area contributed by atoms with E-state index in [9.17, 15) is 19.7 Å². The van der Waals surface area contributed by atoms with Crippen LogP contribution in [0.25, 0.3) is 17.0 Å². The lowest BCUT2D eigenvalue weighted by Crippen LogP contribution is -2.19. The highest BCUT2D eigenvalue weighted by molar-refractivity contribution is 9.10. The highest BCUT2D eigenvalue weighted by Gasteiger charge is 2.18. The van der Waals surface area contributed by atoms with E-state index >= 15 is 0 Å². The number of hydrogen-bond donors (Lipinski definition) is 0. The largest absolute Gasteiger partial charge is 0.493 e. The first-order valence-electron chi connectivity index (χ1n) is 7.82. The van der Waals surface area contributed by atoms with Gasteiger partial charge in [0.2, 0.25) is 6.20 Å². The predicted octanol–water partition coefficient (Wildman–Crippen LogP) is 4.03. The first-order chi connectivity index (χ1) is 13.4. The quantitative estimate of drug-likeness (QED) is 0.191. The van der Waals surface area contributed by atoms with Crippen molar-refractivity contribution in [1.82, 2.24) is 0 Å². The highest BCUT2D eigenvalue weighted by atomic mass is 79.9. The Bertz CT molecular complexity index is 1170. The van der Waals surface area contributed by atoms with Crippen molar-refractivity contribution in [2.75, 3.05) is 7.11 Å². The molecule has 0 N–H and O–H groups in total. The maximum absolute atomic E-state index is 12.5. The van der Waals surface area contributed by atoms with Crippen molar-refractivity contribution in [3.8, 4) is 11.5 Å². The molecular weight excluding hydrogens is 434 g/mol. The lowest BCUT2D eigenvalue weighted by atomic mass is 10.2. The Hall–Kier alpha value is -3.46. The van der Waals surface area contributed by atoms with E-state index in [4.69, 9.17) is 13.9 Å². The van der Waals surface area contributed by atoms with E-state index in [1.54, 1.807) is 18.2 Å². The summed E-state index contributed by atoms with van der Waals surface area (Å²) in [5.41, 5.74) is -0.290. The second-order valence-electron chi connectivity index (χ2n) is 5.53. The summed E-state index contributed by atoms with van der Waals surface area (Å²) in [6, 6.07) is 10.8. The van der Waals surface area contributed by atoms with Crippen molar-refractivity contribution in [2.45, 2.75) is 0 Å². The van der Waals surface area contributed by atoms with Crippen LogP contribution in [0.5, 0.6) is 11.5 Å². The molecule has 0 aliphatic carbocycles. The standard InChI is InChI=1S/C19H12BrNO7/c1-26-17-8-11(6-7-21(24)25)2-4-16(17)28-19(23)14-10-12-9-13(20)3-5-15(12)27-18(14)22/h2-10H,1H3/b7-6+. The van der Waals surface area contributed by atoms with E-state index in [0.717, 1.165) is 10.7 Å². The van der Waals surface area contributed by atoms with Crippen molar-refractivity contribution in [2.24, 2.45) is 0 Å². The van der Waals surface area contributed by atoms with Gasteiger partial charge in [-0.05, 0) is 42.0 Å². The molecule has 2 aromatic carbocycles. The van der Waals surface area contributed by atoms with E-state index in [-0.39, 0.29) is 17.1 Å². The van der Waals surface area contributed by atoms with Gasteiger partial charge in [-0.3, -0.25) is 10.1 Å². The van der Waals surface area contributed by atoms with Crippen molar-refractivity contribution >= 4 is 38.9 Å². The third-order valence-electron chi connectivity index (χ3n) is 3.69. The molecule has 3 rings (SSSR count). The Kier molecular flexibility index (Phi) is 5.55. The Balaban J connectivity index is 1.92. The molecule has 1 aromatic heterocycles. The summed E-state index contributed by atoms with van der Waals surface area (Å²) in [7, 11) is 1.36. The fourth-order valence-electron chi connectivity index (χ4n) is 2.41. The van der Waals surface area contributed by atoms with Gasteiger partial charge in [0.25, 0.3) is 0 Å². The van der Waals surface area contributed by atoms with Crippen LogP contribution < -0.4 is 15.1 Å². The van der Waals surface area contributed by atoms with Gasteiger partial charge in [0, 0.05) is 15.9 Å². The third-order valence-corrected chi connectivity index (χ3v) is 4.19. The zero-order chi connectivity index (χ0) is 20.3. The van der Waals surface area contributed by atoms with Gasteiger partial charge in [-0.1, -0.05) is 22.0 Å². The maximum Gasteiger partial charge on any atom is 0.351 e. The summed E-state index contributed by atoms with van der Waals surface area (Å²) in [5, 5.41) is 11.0. The number of fused-ring (bicyclic) bond motifs is 1. The second-order valence-corrected chi connectivity index (χ2v) is 6.45. The number of carbonyl (C=O) groups is 1. The Labute approximate surface area is 166 Å². The lowest BCUT2D eigenvalue weighted by molar-refractivity contribution is -0.400. The minimum atomic E-state index is -0.914. The van der Waals surface area contributed by atoms with Crippen LogP contribution in [0.3, 0.4) is 0 Å². The molecule has 0 fully saturated rings. The molecule has 0 bridgehead atoms. The van der Waals surface area contributed by atoms with Crippen molar-refractivity contribution in [1.29, 1.82) is 0 Å². The molecule has 0 aliphatic rings. The number of nitro groups is 1. The average molecular weight is 446 g/mol. The summed E-state index contributed by atoms with van der Waals surface area (Å²) in [4.78, 5) is 34.4. The van der Waals surface area contributed by atoms with Gasteiger partial charge < -0.3 is 13.9 Å². The SMILES string of the molecule is COc1cc(/C=C/[N+](=O)[O-])ccc1OC(=O)c1cc2cc(Br)ccc2oc1=O. The molecule has 9 heteroatoms. The molecule has 0 aliphatic heterocycles. The fraction of sp³-hybridized carbons (Fsp3) is 0.0526. The van der Waals surface area contributed by atoms with Gasteiger partial charge in [-0.25, -0.2) is 9.59 Å². The summed E-state index contributed by atoms with van der Waals surface area (Å²) >= 11 is 3.31. The van der Waals surface area contributed by atoms with Crippen LogP contribution in [0.1, 0.15) is 15.9 Å². The van der Waals surface area contributed by atoms with Gasteiger partial charge in [0.15, 0.2) is 11.5 Å². The van der Waals surface area contributed by atoms with Gasteiger partial charge in [-0.2, -0.15) is 0 Å². The van der Waals surface area contributed by atoms with Gasteiger partial charge in [-0.15, -0.1) is 0 Å². The summed E-state index contributed by atoms with van der Waals surface area (Å²) in [6.07, 6.45) is 2.04. The number of ether oxygens (including phenoxy) is 2. The second kappa shape index (κ2) is 8.05. The first kappa shape index (κ1) is 19.3. The number of methoxy groups -OCH3 is 1. The summed E-state index contributed by atoms with van der Waals surface area (Å²) < 4.78 is 16.3. The van der Waals surface area contributed by atoms with E-state index < -0.39 is 16.5 Å². The molecule has 0 spiro atoms. The van der Waals surface area contributed by atoms with Crippen molar-refractivity contribution in [3.63, 3.8) is 0 Å². The summed E-state index contributed by atoms with van der Waals surface area (Å²) in [6.45, 7) is 0. The smallest absolute Gasteiger partial charge is 0.351 e. The number of esters is 1. The van der Waals surface area contributed by atoms with Gasteiger partial charge in [0.1, 0.15) is 11.1 Å². The van der Waals surface area contributed by atoms with E-state index in [0.29, 0.717) is 16.5 Å². The minimum absolute atomic E-state index is 0.0551. The topological polar surface area (TPSA) is 109 Å². The number of hydrogen-bond acceptors (Lipinski definition) is 7. The highest BCUT2D eigenvalue weighted by Crippen LogP contribution is 2.29. The third kappa shape index (κ3) is 4.26. The van der Waals surface area contributed by atoms with E-state index in [1.807, 2.05) is 0 Å². The van der Waals surface area contributed by atoms with Crippen molar-refractivity contribution < 1.29 is 23.6 Å². The Morgan fingerprint density at radius 3 is 2.68 bits per heavy atom. The number of rotatable bonds is 5. The monoisotopic (exact) mass is 445 g/mol. The summed E-state index contributed by atoms with van der Waals surface area (Å²) in [5.74, 6) is -0.686. The van der Waals surface area contributed by atoms with Crippen LogP contribution in [-0.4, -0.2) is 18.0 Å². The molecule has 0 saturated carbocycles. The molecule has 0 radical (unpaired) electrons. The number of nitrogens with zero attached hydrogens (tertiary/aromatic N) is 1. The molecular formula is C19H12BrNO7. The average Bonchev–Trinajstić information content (AvgIpc) is 2.66. The lowest BCUT2D eigenvalue weighted by Gasteiger charge is -2.09. The van der Waals surface area contributed by atoms with E-state index in [2.05, 4.69) is 15.9 Å². The molecule has 28 heavy (non-hydrogen) atoms. The van der Waals surface area contributed by atoms with E-state index in [1.165, 1.54) is 37.5 Å². The molecule has 0 atom stereocenters. The zero-order valence-corrected chi connectivity index (χ0v) is 16.0. The number of halogens is 1. The van der Waals surface area contributed by atoms with Gasteiger partial charge >= 0.3 is 11.6 Å². The molecule has 0 amide bonds. The van der Waals surface area contributed by atoms with Gasteiger partial charge in [0.05, 0.1) is 12.0 Å². The molecule has 3 aromatic rings. The molecule has 1 heterocycles. The van der Waals surface area contributed by atoms with Crippen LogP contribution in [0.2, 0.25) is 0 Å². The normalized spacial score (nSPS) is 10.9. The number of carbonyl (C=O) groups excluding carboxylic acids is 1. The maximum atomic E-state index is 12.5.